The molecule has 5 rings (SSSR count). The minimum Gasteiger partial charge on any atom is -0.375 e. The molecule has 0 saturated heterocycles. The molecule has 0 unspecified atom stereocenters. The summed E-state index contributed by atoms with van der Waals surface area (Å²) in [6.07, 6.45) is 0. The molecule has 0 aliphatic carbocycles. The van der Waals surface area contributed by atoms with Gasteiger partial charge in [-0.3, -0.25) is 9.59 Å². The molecule has 0 saturated carbocycles. The Morgan fingerprint density at radius 3 is 2.91 bits per heavy atom. The molecule has 3 aromatic heterocycles. The minimum absolute atomic E-state index is 0.249. The number of halogens is 1. The quantitative estimate of drug-likeness (QED) is 0.371. The number of hydrogen-bond donors (Lipinski definition) is 1. The van der Waals surface area contributed by atoms with Crippen molar-refractivity contribution in [1.29, 1.82) is 0 Å². The number of nitrogens with one attached hydrogen (secondary N) is 1. The Labute approximate surface area is 188 Å². The Balaban J connectivity index is 1.32. The molecule has 0 atom stereocenters. The number of aryl methyl sites for hydroxylation is 1. The number of carbonyl (C=O) groups is 1. The van der Waals surface area contributed by atoms with E-state index >= 15 is 0 Å². The first-order valence-electron chi connectivity index (χ1n) is 9.54. The Morgan fingerprint density at radius 1 is 1.19 bits per heavy atom. The number of hydrogen-bond acceptors (Lipinski definition) is 7. The van der Waals surface area contributed by atoms with Crippen molar-refractivity contribution in [2.24, 2.45) is 0 Å². The first-order chi connectivity index (χ1) is 15.4. The lowest BCUT2D eigenvalue weighted by Crippen LogP contribution is -2.12. The number of nitrogens with zero attached hydrogens (tertiary/aromatic N) is 3. The third-order valence-electron chi connectivity index (χ3n) is 4.58. The molecule has 2 aromatic carbocycles. The van der Waals surface area contributed by atoms with E-state index in [0.717, 1.165) is 14.6 Å². The van der Waals surface area contributed by atoms with Gasteiger partial charge in [0.1, 0.15) is 11.6 Å². The highest BCUT2D eigenvalue weighted by Gasteiger charge is 2.11. The number of anilines is 1. The first-order valence-corrected chi connectivity index (χ1v) is 11.3. The molecule has 0 bridgehead atoms. The molecule has 0 fully saturated rings. The number of thioether (sulfide) groups is 1. The van der Waals surface area contributed by atoms with E-state index in [4.69, 9.17) is 4.52 Å². The fourth-order valence-electron chi connectivity index (χ4n) is 3.16. The van der Waals surface area contributed by atoms with E-state index in [1.165, 1.54) is 51.9 Å². The van der Waals surface area contributed by atoms with Crippen molar-refractivity contribution in [2.45, 2.75) is 17.0 Å². The van der Waals surface area contributed by atoms with Crippen molar-refractivity contribution < 1.29 is 13.7 Å². The Hall–Kier alpha value is -3.50. The van der Waals surface area contributed by atoms with Crippen LogP contribution in [0, 0.1) is 12.7 Å². The Morgan fingerprint density at radius 2 is 2.06 bits per heavy atom. The second-order valence-corrected chi connectivity index (χ2v) is 9.25. The van der Waals surface area contributed by atoms with Crippen LogP contribution < -0.4 is 10.9 Å². The maximum atomic E-state index is 13.4. The maximum Gasteiger partial charge on any atom is 0.287 e. The van der Waals surface area contributed by atoms with Crippen molar-refractivity contribution in [3.8, 4) is 0 Å². The van der Waals surface area contributed by atoms with Crippen LogP contribution in [0.2, 0.25) is 0 Å². The fraction of sp³-hybridized carbons (Fsp3) is 0.0909. The van der Waals surface area contributed by atoms with Crippen LogP contribution in [0.15, 0.2) is 68.3 Å². The lowest BCUT2D eigenvalue weighted by Gasteiger charge is -2.05. The first kappa shape index (κ1) is 20.4. The van der Waals surface area contributed by atoms with Gasteiger partial charge in [0.05, 0.1) is 15.9 Å². The number of amides is 1. The Bertz CT molecular complexity index is 1540. The number of thiazole rings is 1. The fourth-order valence-corrected chi connectivity index (χ4v) is 5.16. The third kappa shape index (κ3) is 4.14. The zero-order chi connectivity index (χ0) is 22.2. The largest absolute Gasteiger partial charge is 0.375 e. The van der Waals surface area contributed by atoms with Crippen molar-refractivity contribution in [2.75, 3.05) is 5.32 Å². The van der Waals surface area contributed by atoms with Gasteiger partial charge in [-0.2, -0.15) is 0 Å². The Kier molecular flexibility index (Phi) is 5.24. The maximum absolute atomic E-state index is 13.4. The van der Waals surface area contributed by atoms with E-state index < -0.39 is 5.82 Å². The van der Waals surface area contributed by atoms with Gasteiger partial charge in [-0.15, -0.1) is 15.9 Å². The molecule has 0 aliphatic rings. The van der Waals surface area contributed by atoms with E-state index in [1.54, 1.807) is 25.1 Å². The van der Waals surface area contributed by atoms with E-state index in [1.807, 2.05) is 12.1 Å². The second kappa shape index (κ2) is 8.21. The van der Waals surface area contributed by atoms with Crippen molar-refractivity contribution in [3.05, 3.63) is 87.8 Å². The summed E-state index contributed by atoms with van der Waals surface area (Å²) < 4.78 is 21.5. The predicted molar refractivity (Wildman–Crippen MR) is 122 cm³/mol. The summed E-state index contributed by atoms with van der Waals surface area (Å²) in [6, 6.07) is 14.1. The van der Waals surface area contributed by atoms with Crippen LogP contribution in [0.1, 0.15) is 21.8 Å². The van der Waals surface area contributed by atoms with Crippen LogP contribution in [-0.4, -0.2) is 20.4 Å². The molecule has 0 aliphatic heterocycles. The van der Waals surface area contributed by atoms with Gasteiger partial charge < -0.3 is 9.84 Å². The molecule has 160 valence electrons. The standard InChI is InChI=1S/C22H15FN4O3S2/c1-12-7-19-24-16(10-20(28)27(19)30-12)11-31-22-26-17-6-5-15(9-18(17)32-22)25-21(29)13-3-2-4-14(23)8-13/h2-10H,11H2,1H3,(H,25,29). The highest BCUT2D eigenvalue weighted by atomic mass is 32.2. The number of fused-ring (bicyclic) bond motifs is 2. The molecule has 0 spiro atoms. The smallest absolute Gasteiger partial charge is 0.287 e. The molecule has 1 N–H and O–H groups in total. The average Bonchev–Trinajstić information content (AvgIpc) is 3.34. The highest BCUT2D eigenvalue weighted by Crippen LogP contribution is 2.32. The van der Waals surface area contributed by atoms with E-state index in [-0.39, 0.29) is 17.0 Å². The van der Waals surface area contributed by atoms with E-state index in [2.05, 4.69) is 15.3 Å². The van der Waals surface area contributed by atoms with Gasteiger partial charge in [-0.25, -0.2) is 14.4 Å². The average molecular weight is 467 g/mol. The normalized spacial score (nSPS) is 11.3. The van der Waals surface area contributed by atoms with Gasteiger partial charge in [0.2, 0.25) is 0 Å². The lowest BCUT2D eigenvalue weighted by molar-refractivity contribution is 0.102. The third-order valence-corrected chi connectivity index (χ3v) is 6.78. The van der Waals surface area contributed by atoms with Gasteiger partial charge in [-0.05, 0) is 43.3 Å². The van der Waals surface area contributed by atoms with Crippen LogP contribution >= 0.6 is 23.1 Å². The molecule has 10 heteroatoms. The molecule has 0 radical (unpaired) electrons. The summed E-state index contributed by atoms with van der Waals surface area (Å²) in [5.41, 5.74) is 2.51. The number of benzene rings is 2. The SMILES string of the molecule is Cc1cc2nc(CSc3nc4ccc(NC(=O)c5cccc(F)c5)cc4s3)cc(=O)n2o1. The van der Waals surface area contributed by atoms with Crippen LogP contribution in [0.5, 0.6) is 0 Å². The van der Waals surface area contributed by atoms with Crippen LogP contribution in [0.25, 0.3) is 15.9 Å². The van der Waals surface area contributed by atoms with Crippen molar-refractivity contribution in [1.82, 2.24) is 14.5 Å². The summed E-state index contributed by atoms with van der Waals surface area (Å²) in [5.74, 6) is 0.256. The van der Waals surface area contributed by atoms with Gasteiger partial charge >= 0.3 is 0 Å². The number of carbonyl (C=O) groups excluding carboxylic acids is 1. The van der Waals surface area contributed by atoms with Gasteiger partial charge in [0.15, 0.2) is 9.99 Å². The predicted octanol–water partition coefficient (Wildman–Crippen LogP) is 4.89. The summed E-state index contributed by atoms with van der Waals surface area (Å²) in [5, 5.41) is 2.78. The van der Waals surface area contributed by atoms with E-state index in [9.17, 15) is 14.0 Å². The zero-order valence-electron chi connectivity index (χ0n) is 16.7. The summed E-state index contributed by atoms with van der Waals surface area (Å²) in [7, 11) is 0. The summed E-state index contributed by atoms with van der Waals surface area (Å²) >= 11 is 2.96. The van der Waals surface area contributed by atoms with Crippen LogP contribution in [-0.2, 0) is 5.75 Å². The minimum atomic E-state index is -0.462. The monoisotopic (exact) mass is 466 g/mol. The molecular weight excluding hydrogens is 451 g/mol. The van der Waals surface area contributed by atoms with Gasteiger partial charge in [0.25, 0.3) is 11.5 Å². The topological polar surface area (TPSA) is 89.5 Å². The van der Waals surface area contributed by atoms with Gasteiger partial charge in [-0.1, -0.05) is 17.8 Å². The number of aromatic nitrogens is 3. The molecule has 7 nitrogen and oxygen atoms in total. The summed E-state index contributed by atoms with van der Waals surface area (Å²) in [4.78, 5) is 33.6. The lowest BCUT2D eigenvalue weighted by atomic mass is 10.2. The van der Waals surface area contributed by atoms with Crippen molar-refractivity contribution >= 4 is 50.6 Å². The number of rotatable bonds is 5. The van der Waals surface area contributed by atoms with Crippen molar-refractivity contribution in [3.63, 3.8) is 0 Å². The molecule has 3 heterocycles. The molecule has 32 heavy (non-hydrogen) atoms. The molecule has 1 amide bonds. The second-order valence-electron chi connectivity index (χ2n) is 7.00. The van der Waals surface area contributed by atoms with Gasteiger partial charge in [0, 0.05) is 29.1 Å². The highest BCUT2D eigenvalue weighted by molar-refractivity contribution is 8.00. The van der Waals surface area contributed by atoms with E-state index in [0.29, 0.717) is 28.5 Å². The molecular formula is C22H15FN4O3S2. The van der Waals surface area contributed by atoms with Crippen LogP contribution in [0.4, 0.5) is 10.1 Å². The van der Waals surface area contributed by atoms with Crippen LogP contribution in [0.3, 0.4) is 0 Å². The summed E-state index contributed by atoms with van der Waals surface area (Å²) in [6.45, 7) is 1.76. The zero-order valence-corrected chi connectivity index (χ0v) is 18.3. The molecule has 5 aromatic rings.